The van der Waals surface area contributed by atoms with E-state index in [0.29, 0.717) is 17.5 Å². The summed E-state index contributed by atoms with van der Waals surface area (Å²) < 4.78 is 14.7. The summed E-state index contributed by atoms with van der Waals surface area (Å²) in [4.78, 5) is 17.2. The van der Waals surface area contributed by atoms with Gasteiger partial charge in [-0.1, -0.05) is 351 Å². The van der Waals surface area contributed by atoms with Gasteiger partial charge in [-0.2, -0.15) is 0 Å². The first-order valence-corrected chi connectivity index (χ1v) is 51.2. The molecule has 0 fully saturated rings. The molecule has 0 saturated carbocycles. The van der Waals surface area contributed by atoms with E-state index in [0.717, 1.165) is 166 Å². The Kier molecular flexibility index (Phi) is 17.4. The van der Waals surface area contributed by atoms with E-state index in [1.54, 1.807) is 0 Å². The highest BCUT2D eigenvalue weighted by Gasteiger charge is 2.40. The van der Waals surface area contributed by atoms with E-state index in [1.807, 2.05) is 0 Å². The number of hydrogen-bond donors (Lipinski definition) is 0. The van der Waals surface area contributed by atoms with Crippen LogP contribution in [-0.4, -0.2) is 42.4 Å². The third-order valence-corrected chi connectivity index (χ3v) is 33.2. The van der Waals surface area contributed by atoms with Crippen molar-refractivity contribution in [2.75, 3.05) is 0 Å². The third-order valence-electron chi connectivity index (χ3n) is 33.2. The minimum atomic E-state index is -0.157. The molecule has 0 N–H and O–H groups in total. The molecular weight excluding hydrogens is 1780 g/mol. The molecule has 0 amide bonds. The Balaban J connectivity index is 0.555. The Morgan fingerprint density at radius 3 is 0.558 bits per heavy atom. The van der Waals surface area contributed by atoms with Crippen LogP contribution >= 0.6 is 0 Å². The maximum Gasteiger partial charge on any atom is 0.164 e. The largest absolute Gasteiger partial charge is 0.309 e. The van der Waals surface area contributed by atoms with Gasteiger partial charge >= 0.3 is 0 Å². The minimum absolute atomic E-state index is 0.157. The van der Waals surface area contributed by atoms with Crippen LogP contribution in [0.1, 0.15) is 74.9 Å². The standard InChI is InChI=1S/C138H93N9/c1-136(2)115-43-16-7-34-97(115)100-67-58-94(79-118(100)136)145-124-49-22-13-40-106(124)112-64-55-85(76-130(112)145)82-52-61-109-103-37-10-19-46-121(103)142(127(109)73-82)91-31-25-28-88(70-91)133-139-134(89-29-26-32-92(71-89)143-122-47-20-11-38-104(122)110-62-53-83(74-128(110)143)86-56-65-113-107-41-14-23-50-125(107)146(131(113)77-86)95-59-68-101-98-35-8-17-44-116(98)137(3,4)119(101)80-95)141-135(140-133)90-30-27-33-93(72-90)144-123-48-21-12-39-105(123)111-63-54-84(75-129(111)144)87-57-66-114-108-42-15-24-51-126(108)147(132(114)78-87)96-60-69-102-99-36-9-18-45-117(99)138(5,6)120(102)81-96/h7-81H,1-6H3. The molecule has 21 aromatic carbocycles. The molecule has 9 heteroatoms. The van der Waals surface area contributed by atoms with Crippen molar-refractivity contribution in [1.29, 1.82) is 0 Å². The summed E-state index contributed by atoms with van der Waals surface area (Å²) in [7, 11) is 0. The summed E-state index contributed by atoms with van der Waals surface area (Å²) in [6.07, 6.45) is 0. The summed E-state index contributed by atoms with van der Waals surface area (Å²) >= 11 is 0. The van der Waals surface area contributed by atoms with Gasteiger partial charge in [0.05, 0.1) is 66.2 Å². The number of benzene rings is 21. The molecule has 0 bridgehead atoms. The van der Waals surface area contributed by atoms with E-state index in [9.17, 15) is 0 Å². The zero-order chi connectivity index (χ0) is 97.3. The number of nitrogens with zero attached hydrogens (tertiary/aromatic N) is 9. The molecule has 0 unspecified atom stereocenters. The van der Waals surface area contributed by atoms with Crippen LogP contribution in [0.2, 0.25) is 0 Å². The summed E-state index contributed by atoms with van der Waals surface area (Å²) in [6, 6.07) is 170. The highest BCUT2D eigenvalue weighted by Crippen LogP contribution is 2.55. The third kappa shape index (κ3) is 12.1. The number of hydrogen-bond acceptors (Lipinski definition) is 3. The lowest BCUT2D eigenvalue weighted by molar-refractivity contribution is 0.660. The van der Waals surface area contributed by atoms with E-state index >= 15 is 0 Å². The van der Waals surface area contributed by atoms with Crippen molar-refractivity contribution >= 4 is 131 Å². The second-order valence-electron chi connectivity index (χ2n) is 42.2. The molecule has 0 saturated heterocycles. The second kappa shape index (κ2) is 30.7. The predicted octanol–water partition coefficient (Wildman–Crippen LogP) is 35.4. The topological polar surface area (TPSA) is 68.2 Å². The van der Waals surface area contributed by atoms with E-state index in [2.05, 4.69) is 524 Å². The van der Waals surface area contributed by atoms with Crippen molar-refractivity contribution in [1.82, 2.24) is 42.4 Å². The minimum Gasteiger partial charge on any atom is -0.309 e. The first-order chi connectivity index (χ1) is 72.1. The lowest BCUT2D eigenvalue weighted by atomic mass is 9.82. The highest BCUT2D eigenvalue weighted by atomic mass is 15.1. The number of rotatable bonds is 12. The molecule has 0 radical (unpaired) electrons. The smallest absolute Gasteiger partial charge is 0.164 e. The van der Waals surface area contributed by atoms with Crippen molar-refractivity contribution < 1.29 is 0 Å². The molecule has 7 aromatic heterocycles. The number of fused-ring (bicyclic) bond motifs is 27. The lowest BCUT2D eigenvalue weighted by Crippen LogP contribution is -2.15. The molecule has 3 aliphatic carbocycles. The van der Waals surface area contributed by atoms with Crippen molar-refractivity contribution in [3.05, 3.63) is 488 Å². The van der Waals surface area contributed by atoms with Gasteiger partial charge in [0.2, 0.25) is 0 Å². The molecule has 28 aromatic rings. The molecular formula is C138H93N9. The molecule has 0 spiro atoms. The molecule has 0 atom stereocenters. The zero-order valence-electron chi connectivity index (χ0n) is 81.8. The van der Waals surface area contributed by atoms with Crippen molar-refractivity contribution in [3.8, 4) is 135 Å². The fraction of sp³-hybridized carbons (Fsp3) is 0.0652. The van der Waals surface area contributed by atoms with E-state index in [1.165, 1.54) is 116 Å². The van der Waals surface area contributed by atoms with Gasteiger partial charge in [0.15, 0.2) is 17.5 Å². The quantitative estimate of drug-likeness (QED) is 0.122. The van der Waals surface area contributed by atoms with Crippen LogP contribution in [0.3, 0.4) is 0 Å². The Labute approximate surface area is 848 Å². The first-order valence-electron chi connectivity index (χ1n) is 51.2. The first kappa shape index (κ1) is 83.1. The van der Waals surface area contributed by atoms with Crippen LogP contribution in [0.5, 0.6) is 0 Å². The maximum atomic E-state index is 5.73. The van der Waals surface area contributed by atoms with Gasteiger partial charge in [-0.15, -0.1) is 0 Å². The normalized spacial score (nSPS) is 13.7. The Hall–Kier alpha value is -18.6. The van der Waals surface area contributed by atoms with Crippen molar-refractivity contribution in [2.24, 2.45) is 0 Å². The van der Waals surface area contributed by atoms with Crippen LogP contribution in [0, 0.1) is 0 Å². The van der Waals surface area contributed by atoms with Gasteiger partial charge < -0.3 is 27.4 Å². The molecule has 0 aliphatic heterocycles. The SMILES string of the molecule is CC1(C)c2ccccc2-c2ccc(-n3c4ccccc4c4ccc(-c5ccc6c7ccccc7n(-c7cccc(-c8nc(-c9cccc(-n%10c%11ccccc%11c%11ccc(-c%12ccc%13c%14ccccc%14n(-c%14ccc%15c(c%14)C(C)(C)c%14ccccc%14-%15)c%13c%12)cc%11%10)c9)nc(-c9cccc(-n%10c%11ccccc%11c%11ccc(-c%12ccc%13c%14ccccc%14n(-c%14ccc%15c(c%14)C(C)(C)c%14ccccc%14-%15)c%13c%12)cc%11%10)c9)n8)c7)c6c5)cc43)cc21. The summed E-state index contributed by atoms with van der Waals surface area (Å²) in [6.45, 7) is 14.2. The second-order valence-corrected chi connectivity index (χ2v) is 42.2. The Bertz CT molecular complexity index is 9690. The summed E-state index contributed by atoms with van der Waals surface area (Å²) in [5, 5.41) is 14.3. The molecule has 147 heavy (non-hydrogen) atoms. The van der Waals surface area contributed by atoms with Gasteiger partial charge in [0.1, 0.15) is 0 Å². The summed E-state index contributed by atoms with van der Waals surface area (Å²) in [5.41, 5.74) is 44.8. The lowest BCUT2D eigenvalue weighted by Gasteiger charge is -2.22. The van der Waals surface area contributed by atoms with Crippen LogP contribution in [-0.2, 0) is 16.2 Å². The number of para-hydroxylation sites is 6. The highest BCUT2D eigenvalue weighted by molar-refractivity contribution is 6.17. The van der Waals surface area contributed by atoms with Gasteiger partial charge in [-0.05, 0) is 246 Å². The Morgan fingerprint density at radius 1 is 0.136 bits per heavy atom. The Morgan fingerprint density at radius 2 is 0.327 bits per heavy atom. The summed E-state index contributed by atoms with van der Waals surface area (Å²) in [5.74, 6) is 1.63. The zero-order valence-corrected chi connectivity index (χ0v) is 81.8. The van der Waals surface area contributed by atoms with Gasteiger partial charge in [0, 0.05) is 132 Å². The van der Waals surface area contributed by atoms with Crippen LogP contribution in [0.15, 0.2) is 455 Å². The van der Waals surface area contributed by atoms with E-state index < -0.39 is 0 Å². The molecule has 690 valence electrons. The fourth-order valence-electron chi connectivity index (χ4n) is 26.2. The number of aromatic nitrogens is 9. The average molecular weight is 1880 g/mol. The fourth-order valence-corrected chi connectivity index (χ4v) is 26.2. The van der Waals surface area contributed by atoms with Crippen molar-refractivity contribution in [3.63, 3.8) is 0 Å². The molecule has 9 nitrogen and oxygen atoms in total. The molecule has 7 heterocycles. The average Bonchev–Trinajstić information content (AvgIpc) is 1.56. The van der Waals surface area contributed by atoms with Gasteiger partial charge in [0.25, 0.3) is 0 Å². The molecule has 31 rings (SSSR count). The van der Waals surface area contributed by atoms with E-state index in [4.69, 9.17) is 15.0 Å². The van der Waals surface area contributed by atoms with E-state index in [-0.39, 0.29) is 16.2 Å². The van der Waals surface area contributed by atoms with Gasteiger partial charge in [-0.25, -0.2) is 15.0 Å². The van der Waals surface area contributed by atoms with Crippen LogP contribution in [0.25, 0.3) is 266 Å². The van der Waals surface area contributed by atoms with Crippen LogP contribution < -0.4 is 0 Å². The predicted molar refractivity (Wildman–Crippen MR) is 611 cm³/mol. The van der Waals surface area contributed by atoms with Crippen LogP contribution in [0.4, 0.5) is 0 Å². The van der Waals surface area contributed by atoms with Gasteiger partial charge in [-0.3, -0.25) is 0 Å². The maximum absolute atomic E-state index is 5.73. The van der Waals surface area contributed by atoms with Crippen molar-refractivity contribution in [2.45, 2.75) is 57.8 Å². The molecule has 3 aliphatic rings. The monoisotopic (exact) mass is 1880 g/mol.